The lowest BCUT2D eigenvalue weighted by Crippen LogP contribution is -2.39. The molecule has 268 valence electrons. The zero-order valence-corrected chi connectivity index (χ0v) is 29.7. The predicted octanol–water partition coefficient (Wildman–Crippen LogP) is 7.66. The molecule has 0 unspecified atom stereocenters. The van der Waals surface area contributed by atoms with Crippen molar-refractivity contribution in [3.63, 3.8) is 0 Å². The van der Waals surface area contributed by atoms with Gasteiger partial charge in [0.05, 0.1) is 18.8 Å². The maximum Gasteiger partial charge on any atom is 0.303 e. The van der Waals surface area contributed by atoms with Crippen molar-refractivity contribution in [1.82, 2.24) is 10.2 Å². The van der Waals surface area contributed by atoms with Gasteiger partial charge in [-0.15, -0.1) is 0 Å². The fraction of sp³-hybridized carbons (Fsp3) is 0.273. The Labute approximate surface area is 306 Å². The molecule has 52 heavy (non-hydrogen) atoms. The van der Waals surface area contributed by atoms with Crippen LogP contribution in [0.5, 0.6) is 0 Å². The monoisotopic (exact) mass is 698 g/mol. The number of esters is 1. The standard InChI is InChI=1S/C44H46N2O6/c1-31(50-32(2)48)43(49)45-26-36-15-9-16-38(23-36)39-17-10-18-40(24-39)44-51-41(25-42(52-44)37-21-19-35(30-47)20-22-37)29-46(27-33-11-5-3-6-12-33)28-34-13-7-4-8-14-34/h3-24,31,41-42,44,47H,25-30H2,1-2H3,(H,45,49)/t31-,41-,42+,44+/m0/s1. The van der Waals surface area contributed by atoms with Crippen molar-refractivity contribution in [3.05, 3.63) is 167 Å². The van der Waals surface area contributed by atoms with E-state index < -0.39 is 18.4 Å². The van der Waals surface area contributed by atoms with Crippen molar-refractivity contribution in [2.75, 3.05) is 6.54 Å². The van der Waals surface area contributed by atoms with Crippen LogP contribution in [0.1, 0.15) is 66.0 Å². The number of aliphatic hydroxyl groups is 1. The maximum absolute atomic E-state index is 12.4. The van der Waals surface area contributed by atoms with Crippen LogP contribution in [-0.2, 0) is 50.0 Å². The molecule has 8 nitrogen and oxygen atoms in total. The third kappa shape index (κ3) is 10.2. The van der Waals surface area contributed by atoms with Gasteiger partial charge in [-0.05, 0) is 58.0 Å². The van der Waals surface area contributed by atoms with E-state index in [1.807, 2.05) is 72.8 Å². The summed E-state index contributed by atoms with van der Waals surface area (Å²) in [5.41, 5.74) is 8.19. The Morgan fingerprint density at radius 1 is 0.750 bits per heavy atom. The van der Waals surface area contributed by atoms with E-state index in [4.69, 9.17) is 14.2 Å². The Morgan fingerprint density at radius 2 is 1.37 bits per heavy atom. The van der Waals surface area contributed by atoms with Crippen LogP contribution in [0.25, 0.3) is 11.1 Å². The molecule has 1 fully saturated rings. The molecule has 0 saturated carbocycles. The highest BCUT2D eigenvalue weighted by atomic mass is 16.7. The minimum Gasteiger partial charge on any atom is -0.453 e. The SMILES string of the molecule is CC(=O)O[C@@H](C)C(=O)NCc1cccc(-c2cccc([C@@H]3O[C@H](CN(Cc4ccccc4)Cc4ccccc4)C[C@H](c4ccc(CO)cc4)O3)c2)c1. The zero-order valence-electron chi connectivity index (χ0n) is 29.7. The number of carbonyl (C=O) groups is 2. The number of nitrogens with one attached hydrogen (secondary N) is 1. The van der Waals surface area contributed by atoms with Gasteiger partial charge in [0.2, 0.25) is 0 Å². The molecule has 5 aromatic carbocycles. The summed E-state index contributed by atoms with van der Waals surface area (Å²) in [5, 5.41) is 12.5. The van der Waals surface area contributed by atoms with Crippen molar-refractivity contribution in [2.45, 2.75) is 71.1 Å². The van der Waals surface area contributed by atoms with Gasteiger partial charge >= 0.3 is 5.97 Å². The number of aliphatic hydroxyl groups excluding tert-OH is 1. The van der Waals surface area contributed by atoms with E-state index in [-0.39, 0.29) is 24.7 Å². The minimum atomic E-state index is -0.864. The molecule has 0 bridgehead atoms. The Bertz CT molecular complexity index is 1860. The number of ether oxygens (including phenoxy) is 3. The van der Waals surface area contributed by atoms with E-state index in [1.165, 1.54) is 18.1 Å². The summed E-state index contributed by atoms with van der Waals surface area (Å²) in [4.78, 5) is 26.1. The van der Waals surface area contributed by atoms with Gasteiger partial charge in [-0.1, -0.05) is 121 Å². The molecule has 0 spiro atoms. The predicted molar refractivity (Wildman–Crippen MR) is 200 cm³/mol. The highest BCUT2D eigenvalue weighted by molar-refractivity contribution is 5.82. The number of hydrogen-bond acceptors (Lipinski definition) is 7. The van der Waals surface area contributed by atoms with Gasteiger partial charge in [0, 0.05) is 45.1 Å². The molecule has 0 aliphatic carbocycles. The van der Waals surface area contributed by atoms with E-state index in [0.717, 1.165) is 46.5 Å². The second-order valence-electron chi connectivity index (χ2n) is 13.3. The van der Waals surface area contributed by atoms with E-state index >= 15 is 0 Å². The molecule has 1 heterocycles. The summed E-state index contributed by atoms with van der Waals surface area (Å²) in [6, 6.07) is 45.2. The molecule has 2 N–H and O–H groups in total. The Hall–Kier alpha value is -5.12. The van der Waals surface area contributed by atoms with Crippen LogP contribution in [0, 0.1) is 0 Å². The molecule has 1 aliphatic rings. The summed E-state index contributed by atoms with van der Waals surface area (Å²) in [7, 11) is 0. The molecule has 4 atom stereocenters. The molecule has 0 aromatic heterocycles. The lowest BCUT2D eigenvalue weighted by atomic mass is 9.98. The molecule has 8 heteroatoms. The van der Waals surface area contributed by atoms with Crippen molar-refractivity contribution >= 4 is 11.9 Å². The first-order chi connectivity index (χ1) is 25.3. The summed E-state index contributed by atoms with van der Waals surface area (Å²) >= 11 is 0. The minimum absolute atomic E-state index is 0.0120. The number of hydrogen-bond donors (Lipinski definition) is 2. The average molecular weight is 699 g/mol. The normalized spacial score (nSPS) is 17.7. The van der Waals surface area contributed by atoms with Crippen molar-refractivity contribution in [1.29, 1.82) is 0 Å². The lowest BCUT2D eigenvalue weighted by Gasteiger charge is -2.38. The largest absolute Gasteiger partial charge is 0.453 e. The van der Waals surface area contributed by atoms with Crippen LogP contribution in [0.2, 0.25) is 0 Å². The summed E-state index contributed by atoms with van der Waals surface area (Å²) in [6.07, 6.45) is -1.13. The van der Waals surface area contributed by atoms with E-state index in [0.29, 0.717) is 19.5 Å². The highest BCUT2D eigenvalue weighted by Crippen LogP contribution is 2.39. The van der Waals surface area contributed by atoms with Crippen molar-refractivity contribution in [3.8, 4) is 11.1 Å². The lowest BCUT2D eigenvalue weighted by molar-refractivity contribution is -0.253. The topological polar surface area (TPSA) is 97.3 Å². The van der Waals surface area contributed by atoms with Gasteiger partial charge < -0.3 is 24.6 Å². The summed E-state index contributed by atoms with van der Waals surface area (Å²) in [5.74, 6) is -0.847. The quantitative estimate of drug-likeness (QED) is 0.115. The fourth-order valence-corrected chi connectivity index (χ4v) is 6.55. The third-order valence-corrected chi connectivity index (χ3v) is 9.17. The van der Waals surface area contributed by atoms with Crippen LogP contribution in [0.4, 0.5) is 0 Å². The zero-order chi connectivity index (χ0) is 36.3. The first-order valence-corrected chi connectivity index (χ1v) is 17.8. The molecule has 0 radical (unpaired) electrons. The number of amides is 1. The van der Waals surface area contributed by atoms with E-state index in [2.05, 4.69) is 70.9 Å². The second kappa shape index (κ2) is 17.9. The van der Waals surface area contributed by atoms with Crippen molar-refractivity contribution in [2.24, 2.45) is 0 Å². The van der Waals surface area contributed by atoms with Gasteiger partial charge in [0.15, 0.2) is 12.4 Å². The van der Waals surface area contributed by atoms with Gasteiger partial charge in [-0.3, -0.25) is 14.5 Å². The van der Waals surface area contributed by atoms with Crippen LogP contribution in [0.15, 0.2) is 133 Å². The first-order valence-electron chi connectivity index (χ1n) is 17.8. The van der Waals surface area contributed by atoms with E-state index in [9.17, 15) is 14.7 Å². The van der Waals surface area contributed by atoms with Crippen LogP contribution in [-0.4, -0.2) is 40.6 Å². The molecule has 1 amide bonds. The smallest absolute Gasteiger partial charge is 0.303 e. The number of carbonyl (C=O) groups excluding carboxylic acids is 2. The number of nitrogens with zero attached hydrogens (tertiary/aromatic N) is 1. The fourth-order valence-electron chi connectivity index (χ4n) is 6.55. The molecular formula is C44H46N2O6. The highest BCUT2D eigenvalue weighted by Gasteiger charge is 2.33. The summed E-state index contributed by atoms with van der Waals surface area (Å²) in [6.45, 7) is 5.40. The van der Waals surface area contributed by atoms with Gasteiger partial charge in [-0.25, -0.2) is 0 Å². The van der Waals surface area contributed by atoms with Crippen LogP contribution < -0.4 is 5.32 Å². The van der Waals surface area contributed by atoms with Crippen LogP contribution in [0.3, 0.4) is 0 Å². The average Bonchev–Trinajstić information content (AvgIpc) is 3.17. The van der Waals surface area contributed by atoms with Gasteiger partial charge in [0.25, 0.3) is 5.91 Å². The van der Waals surface area contributed by atoms with Crippen molar-refractivity contribution < 1.29 is 28.9 Å². The number of rotatable bonds is 14. The third-order valence-electron chi connectivity index (χ3n) is 9.17. The molecule has 5 aromatic rings. The Balaban J connectivity index is 1.23. The Morgan fingerprint density at radius 3 is 2.00 bits per heavy atom. The molecule has 1 aliphatic heterocycles. The number of benzene rings is 5. The van der Waals surface area contributed by atoms with E-state index in [1.54, 1.807) is 6.92 Å². The second-order valence-corrected chi connectivity index (χ2v) is 13.3. The molecular weight excluding hydrogens is 652 g/mol. The van der Waals surface area contributed by atoms with Gasteiger partial charge in [0.1, 0.15) is 0 Å². The first kappa shape index (κ1) is 36.7. The van der Waals surface area contributed by atoms with Crippen LogP contribution >= 0.6 is 0 Å². The summed E-state index contributed by atoms with van der Waals surface area (Å²) < 4.78 is 18.5. The van der Waals surface area contributed by atoms with Gasteiger partial charge in [-0.2, -0.15) is 0 Å². The maximum atomic E-state index is 12.4. The Kier molecular flexibility index (Phi) is 12.6. The molecule has 1 saturated heterocycles. The molecule has 6 rings (SSSR count).